The highest BCUT2D eigenvalue weighted by molar-refractivity contribution is 6.32. The molecule has 0 aromatic heterocycles. The second-order valence-electron chi connectivity index (χ2n) is 4.57. The van der Waals surface area contributed by atoms with Crippen molar-refractivity contribution in [2.45, 2.75) is 0 Å². The average Bonchev–Trinajstić information content (AvgIpc) is 2.60. The first-order chi connectivity index (χ1) is 11.6. The number of rotatable bonds is 6. The van der Waals surface area contributed by atoms with Gasteiger partial charge in [0.2, 0.25) is 0 Å². The maximum absolute atomic E-state index is 11.9. The Hall–Kier alpha value is -2.97. The second-order valence-corrected chi connectivity index (χ2v) is 4.97. The van der Waals surface area contributed by atoms with Gasteiger partial charge in [0.05, 0.1) is 18.2 Å². The minimum atomic E-state index is -0.589. The molecule has 0 aliphatic heterocycles. The van der Waals surface area contributed by atoms with Gasteiger partial charge in [-0.05, 0) is 35.9 Å². The van der Waals surface area contributed by atoms with Crippen molar-refractivity contribution in [3.8, 4) is 23.3 Å². The molecule has 0 unspecified atom stereocenters. The number of nitrogens with zero attached hydrogens (tertiary/aromatic N) is 1. The largest absolute Gasteiger partial charge is 0.493 e. The van der Waals surface area contributed by atoms with Crippen LogP contribution in [0.2, 0.25) is 5.02 Å². The topological polar surface area (TPSA) is 68.5 Å². The third-order valence-corrected chi connectivity index (χ3v) is 3.26. The first-order valence-corrected chi connectivity index (χ1v) is 7.34. The molecule has 0 fully saturated rings. The predicted octanol–water partition coefficient (Wildman–Crippen LogP) is 3.87. The number of hydrogen-bond donors (Lipinski definition) is 0. The van der Waals surface area contributed by atoms with Crippen molar-refractivity contribution in [1.82, 2.24) is 0 Å². The van der Waals surface area contributed by atoms with Gasteiger partial charge in [0.25, 0.3) is 0 Å². The zero-order valence-electron chi connectivity index (χ0n) is 12.9. The Morgan fingerprint density at radius 2 is 2.00 bits per heavy atom. The van der Waals surface area contributed by atoms with Crippen LogP contribution in [0.3, 0.4) is 0 Å². The zero-order valence-corrected chi connectivity index (χ0v) is 13.6. The fourth-order valence-electron chi connectivity index (χ4n) is 1.86. The van der Waals surface area contributed by atoms with Crippen molar-refractivity contribution in [3.05, 3.63) is 59.1 Å². The highest BCUT2D eigenvalue weighted by Gasteiger charge is 2.12. The Balaban J connectivity index is 2.02. The van der Waals surface area contributed by atoms with Gasteiger partial charge in [-0.3, -0.25) is 0 Å². The first kappa shape index (κ1) is 17.4. The molecule has 0 aliphatic carbocycles. The van der Waals surface area contributed by atoms with Crippen LogP contribution in [-0.4, -0.2) is 19.7 Å². The van der Waals surface area contributed by atoms with Crippen LogP contribution in [0.1, 0.15) is 5.56 Å². The van der Waals surface area contributed by atoms with Crippen molar-refractivity contribution >= 4 is 23.6 Å². The lowest BCUT2D eigenvalue weighted by Crippen LogP contribution is -2.18. The molecule has 0 atom stereocenters. The molecule has 24 heavy (non-hydrogen) atoms. The molecule has 0 radical (unpaired) electrons. The van der Waals surface area contributed by atoms with Crippen molar-refractivity contribution in [1.29, 1.82) is 5.26 Å². The predicted molar refractivity (Wildman–Crippen MR) is 90.2 cm³/mol. The third-order valence-electron chi connectivity index (χ3n) is 2.94. The van der Waals surface area contributed by atoms with Crippen LogP contribution >= 0.6 is 11.6 Å². The lowest BCUT2D eigenvalue weighted by Gasteiger charge is -2.11. The van der Waals surface area contributed by atoms with E-state index in [2.05, 4.69) is 0 Å². The first-order valence-electron chi connectivity index (χ1n) is 6.96. The molecule has 0 amide bonds. The number of carbonyl (C=O) groups is 1. The number of allylic oxidation sites excluding steroid dienone is 1. The molecule has 5 nitrogen and oxygen atoms in total. The van der Waals surface area contributed by atoms with Crippen molar-refractivity contribution in [3.63, 3.8) is 0 Å². The van der Waals surface area contributed by atoms with Gasteiger partial charge < -0.3 is 14.2 Å². The maximum atomic E-state index is 11.9. The van der Waals surface area contributed by atoms with Crippen molar-refractivity contribution < 1.29 is 19.0 Å². The van der Waals surface area contributed by atoms with Gasteiger partial charge in [-0.1, -0.05) is 29.8 Å². The highest BCUT2D eigenvalue weighted by Crippen LogP contribution is 2.29. The summed E-state index contributed by atoms with van der Waals surface area (Å²) in [6.45, 7) is -0.289. The van der Waals surface area contributed by atoms with Gasteiger partial charge in [-0.25, -0.2) is 4.79 Å². The van der Waals surface area contributed by atoms with Crippen LogP contribution in [0, 0.1) is 11.3 Å². The summed E-state index contributed by atoms with van der Waals surface area (Å²) in [6, 6.07) is 13.7. The van der Waals surface area contributed by atoms with Crippen LogP contribution in [0.25, 0.3) is 6.08 Å². The van der Waals surface area contributed by atoms with E-state index in [1.165, 1.54) is 13.2 Å². The third kappa shape index (κ3) is 4.77. The van der Waals surface area contributed by atoms with Crippen LogP contribution in [0.5, 0.6) is 17.2 Å². The van der Waals surface area contributed by atoms with Gasteiger partial charge in [0.1, 0.15) is 5.75 Å². The summed E-state index contributed by atoms with van der Waals surface area (Å²) >= 11 is 5.95. The SMILES string of the molecule is COc1cc(/C=C\C#N)ccc1OC(=O)COc1ccccc1Cl. The van der Waals surface area contributed by atoms with E-state index in [4.69, 9.17) is 31.1 Å². The molecule has 0 saturated carbocycles. The lowest BCUT2D eigenvalue weighted by atomic mass is 10.2. The summed E-state index contributed by atoms with van der Waals surface area (Å²) in [5, 5.41) is 8.95. The Morgan fingerprint density at radius 3 is 2.71 bits per heavy atom. The van der Waals surface area contributed by atoms with E-state index >= 15 is 0 Å². The van der Waals surface area contributed by atoms with E-state index in [1.54, 1.807) is 48.5 Å². The number of para-hydroxylation sites is 1. The van der Waals surface area contributed by atoms with Gasteiger partial charge in [0.15, 0.2) is 18.1 Å². The molecule has 122 valence electrons. The van der Waals surface area contributed by atoms with Gasteiger partial charge >= 0.3 is 5.97 Å². The van der Waals surface area contributed by atoms with E-state index in [0.29, 0.717) is 16.5 Å². The van der Waals surface area contributed by atoms with E-state index in [1.807, 2.05) is 6.07 Å². The van der Waals surface area contributed by atoms with Crippen LogP contribution < -0.4 is 14.2 Å². The number of benzene rings is 2. The number of carbonyl (C=O) groups excluding carboxylic acids is 1. The Morgan fingerprint density at radius 1 is 1.21 bits per heavy atom. The van der Waals surface area contributed by atoms with Crippen LogP contribution in [0.4, 0.5) is 0 Å². The number of methoxy groups -OCH3 is 1. The molecule has 0 bridgehead atoms. The van der Waals surface area contributed by atoms with Crippen LogP contribution in [-0.2, 0) is 4.79 Å². The fourth-order valence-corrected chi connectivity index (χ4v) is 2.05. The number of ether oxygens (including phenoxy) is 3. The van der Waals surface area contributed by atoms with Gasteiger partial charge in [-0.15, -0.1) is 0 Å². The molecule has 0 spiro atoms. The van der Waals surface area contributed by atoms with Crippen LogP contribution in [0.15, 0.2) is 48.5 Å². The normalized spacial score (nSPS) is 10.2. The summed E-state index contributed by atoms with van der Waals surface area (Å²) < 4.78 is 15.8. The van der Waals surface area contributed by atoms with Gasteiger partial charge in [-0.2, -0.15) is 5.26 Å². The molecule has 2 rings (SSSR count). The molecule has 0 saturated heterocycles. The van der Waals surface area contributed by atoms with E-state index in [0.717, 1.165) is 5.56 Å². The van der Waals surface area contributed by atoms with Crippen molar-refractivity contribution in [2.24, 2.45) is 0 Å². The quantitative estimate of drug-likeness (QED) is 0.452. The molecule has 0 aliphatic rings. The molecule has 0 N–H and O–H groups in total. The highest BCUT2D eigenvalue weighted by atomic mass is 35.5. The zero-order chi connectivity index (χ0) is 17.4. The Bertz CT molecular complexity index is 796. The number of halogens is 1. The monoisotopic (exact) mass is 343 g/mol. The molecular formula is C18H14ClNO4. The molecular weight excluding hydrogens is 330 g/mol. The molecule has 0 heterocycles. The summed E-state index contributed by atoms with van der Waals surface area (Å²) in [5.74, 6) is 0.453. The summed E-state index contributed by atoms with van der Waals surface area (Å²) in [5.41, 5.74) is 0.750. The standard InChI is InChI=1S/C18H14ClNO4/c1-22-17-11-13(5-4-10-20)8-9-16(17)24-18(21)12-23-15-7-3-2-6-14(15)19/h2-9,11H,12H2,1H3/b5-4-. The van der Waals surface area contributed by atoms with E-state index in [9.17, 15) is 4.79 Å². The number of nitriles is 1. The van der Waals surface area contributed by atoms with E-state index in [-0.39, 0.29) is 12.4 Å². The molecule has 6 heteroatoms. The summed E-state index contributed by atoms with van der Waals surface area (Å²) in [7, 11) is 1.46. The summed E-state index contributed by atoms with van der Waals surface area (Å²) in [6.07, 6.45) is 2.96. The van der Waals surface area contributed by atoms with Crippen molar-refractivity contribution in [2.75, 3.05) is 13.7 Å². The molecule has 2 aromatic rings. The fraction of sp³-hybridized carbons (Fsp3) is 0.111. The minimum absolute atomic E-state index is 0.263. The Labute approximate surface area is 144 Å². The number of esters is 1. The van der Waals surface area contributed by atoms with E-state index < -0.39 is 5.97 Å². The average molecular weight is 344 g/mol. The smallest absolute Gasteiger partial charge is 0.349 e. The van der Waals surface area contributed by atoms with Gasteiger partial charge in [0, 0.05) is 6.08 Å². The maximum Gasteiger partial charge on any atom is 0.349 e. The summed E-state index contributed by atoms with van der Waals surface area (Å²) in [4.78, 5) is 11.9. The minimum Gasteiger partial charge on any atom is -0.493 e. The lowest BCUT2D eigenvalue weighted by molar-refractivity contribution is -0.136. The number of hydrogen-bond acceptors (Lipinski definition) is 5. The molecule has 2 aromatic carbocycles. The Kier molecular flexibility index (Phi) is 6.23. The second kappa shape index (κ2) is 8.61.